The van der Waals surface area contributed by atoms with Crippen LogP contribution in [0, 0.1) is 0 Å². The predicted octanol–water partition coefficient (Wildman–Crippen LogP) is 2.51. The van der Waals surface area contributed by atoms with Crippen LogP contribution in [-0.4, -0.2) is 34.3 Å². The molecule has 5 nitrogen and oxygen atoms in total. The molecule has 1 aliphatic heterocycles. The molecule has 2 amide bonds. The Morgan fingerprint density at radius 3 is 3.00 bits per heavy atom. The number of carbonyl (C=O) groups excluding carboxylic acids is 2. The molecule has 1 aliphatic rings. The van der Waals surface area contributed by atoms with Crippen molar-refractivity contribution in [1.82, 2.24) is 9.88 Å². The molecule has 0 saturated carbocycles. The van der Waals surface area contributed by atoms with E-state index in [1.807, 2.05) is 4.90 Å². The predicted molar refractivity (Wildman–Crippen MR) is 75.4 cm³/mol. The van der Waals surface area contributed by atoms with Crippen molar-refractivity contribution in [3.8, 4) is 0 Å². The molecule has 0 bridgehead atoms. The maximum absolute atomic E-state index is 12.4. The van der Waals surface area contributed by atoms with Crippen LogP contribution >= 0.6 is 11.3 Å². The molecule has 19 heavy (non-hydrogen) atoms. The fourth-order valence-corrected chi connectivity index (χ4v) is 3.15. The first-order valence-electron chi connectivity index (χ1n) is 6.66. The number of hydrogen-bond donors (Lipinski definition) is 1. The summed E-state index contributed by atoms with van der Waals surface area (Å²) in [5.41, 5.74) is 0.439. The molecule has 0 spiro atoms. The second-order valence-electron chi connectivity index (χ2n) is 4.78. The first kappa shape index (κ1) is 14.0. The van der Waals surface area contributed by atoms with Crippen molar-refractivity contribution in [3.63, 3.8) is 0 Å². The number of carbonyl (C=O) groups is 2. The number of likely N-dealkylation sites (tertiary alicyclic amines) is 1. The van der Waals surface area contributed by atoms with Gasteiger partial charge in [0.15, 0.2) is 5.13 Å². The van der Waals surface area contributed by atoms with Crippen LogP contribution in [0.4, 0.5) is 5.13 Å². The molecule has 1 aromatic heterocycles. The Balaban J connectivity index is 2.09. The molecule has 0 aromatic carbocycles. The lowest BCUT2D eigenvalue weighted by molar-refractivity contribution is -0.114. The van der Waals surface area contributed by atoms with Crippen LogP contribution in [0.15, 0.2) is 5.38 Å². The van der Waals surface area contributed by atoms with Gasteiger partial charge in [-0.2, -0.15) is 0 Å². The second-order valence-corrected chi connectivity index (χ2v) is 5.63. The van der Waals surface area contributed by atoms with Gasteiger partial charge in [0.05, 0.1) is 0 Å². The summed E-state index contributed by atoms with van der Waals surface area (Å²) in [5.74, 6) is -0.183. The van der Waals surface area contributed by atoms with E-state index in [1.54, 1.807) is 5.38 Å². The summed E-state index contributed by atoms with van der Waals surface area (Å²) in [6, 6.07) is 0.326. The first-order valence-corrected chi connectivity index (χ1v) is 7.54. The standard InChI is InChI=1S/C13H19N3O2S/c1-3-10-6-4-5-7-16(10)12(18)11-8-19-13(15-11)14-9(2)17/h8,10H,3-7H2,1-2H3,(H,14,15,17). The maximum Gasteiger partial charge on any atom is 0.273 e. The minimum Gasteiger partial charge on any atom is -0.334 e. The molecular formula is C13H19N3O2S. The molecule has 1 atom stereocenters. The Morgan fingerprint density at radius 2 is 2.32 bits per heavy atom. The number of nitrogens with one attached hydrogen (secondary N) is 1. The van der Waals surface area contributed by atoms with E-state index < -0.39 is 0 Å². The zero-order chi connectivity index (χ0) is 13.8. The monoisotopic (exact) mass is 281 g/mol. The van der Waals surface area contributed by atoms with Crippen molar-refractivity contribution in [3.05, 3.63) is 11.1 Å². The highest BCUT2D eigenvalue weighted by Gasteiger charge is 2.27. The third-order valence-corrected chi connectivity index (χ3v) is 4.12. The van der Waals surface area contributed by atoms with Gasteiger partial charge >= 0.3 is 0 Å². The van der Waals surface area contributed by atoms with Crippen molar-refractivity contribution in [2.75, 3.05) is 11.9 Å². The second kappa shape index (κ2) is 6.14. The molecule has 0 aliphatic carbocycles. The zero-order valence-electron chi connectivity index (χ0n) is 11.3. The van der Waals surface area contributed by atoms with Gasteiger partial charge in [0, 0.05) is 24.9 Å². The molecule has 104 valence electrons. The molecule has 1 aromatic rings. The smallest absolute Gasteiger partial charge is 0.273 e. The van der Waals surface area contributed by atoms with Gasteiger partial charge in [-0.25, -0.2) is 4.98 Å². The van der Waals surface area contributed by atoms with Crippen LogP contribution in [0.1, 0.15) is 50.0 Å². The fourth-order valence-electron chi connectivity index (χ4n) is 2.42. The average Bonchev–Trinajstić information content (AvgIpc) is 2.85. The molecule has 1 unspecified atom stereocenters. The van der Waals surface area contributed by atoms with E-state index >= 15 is 0 Å². The SMILES string of the molecule is CCC1CCCCN1C(=O)c1csc(NC(C)=O)n1. The van der Waals surface area contributed by atoms with Crippen LogP contribution in [0.2, 0.25) is 0 Å². The van der Waals surface area contributed by atoms with Gasteiger partial charge in [-0.05, 0) is 25.7 Å². The quantitative estimate of drug-likeness (QED) is 0.926. The summed E-state index contributed by atoms with van der Waals surface area (Å²) in [4.78, 5) is 29.5. The normalized spacial score (nSPS) is 19.3. The van der Waals surface area contributed by atoms with Gasteiger partial charge in [-0.15, -0.1) is 11.3 Å². The number of rotatable bonds is 3. The highest BCUT2D eigenvalue weighted by Crippen LogP contribution is 2.23. The van der Waals surface area contributed by atoms with Crippen LogP contribution in [0.25, 0.3) is 0 Å². The van der Waals surface area contributed by atoms with Gasteiger partial charge in [-0.1, -0.05) is 6.92 Å². The Morgan fingerprint density at radius 1 is 1.53 bits per heavy atom. The number of hydrogen-bond acceptors (Lipinski definition) is 4. The summed E-state index contributed by atoms with van der Waals surface area (Å²) in [6.07, 6.45) is 4.31. The van der Waals surface area contributed by atoms with Gasteiger partial charge < -0.3 is 10.2 Å². The van der Waals surface area contributed by atoms with E-state index in [4.69, 9.17) is 0 Å². The highest BCUT2D eigenvalue weighted by molar-refractivity contribution is 7.14. The molecule has 6 heteroatoms. The summed E-state index contributed by atoms with van der Waals surface area (Å²) in [6.45, 7) is 4.35. The van der Waals surface area contributed by atoms with E-state index in [2.05, 4.69) is 17.2 Å². The largest absolute Gasteiger partial charge is 0.334 e. The molecule has 1 N–H and O–H groups in total. The summed E-state index contributed by atoms with van der Waals surface area (Å²) in [5, 5.41) is 4.81. The Kier molecular flexibility index (Phi) is 4.52. The number of anilines is 1. The van der Waals surface area contributed by atoms with Crippen molar-refractivity contribution in [1.29, 1.82) is 0 Å². The van der Waals surface area contributed by atoms with Crippen molar-refractivity contribution >= 4 is 28.3 Å². The summed E-state index contributed by atoms with van der Waals surface area (Å²) < 4.78 is 0. The molecule has 2 rings (SSSR count). The van der Waals surface area contributed by atoms with Crippen LogP contribution in [0.3, 0.4) is 0 Å². The molecule has 1 saturated heterocycles. The number of piperidine rings is 1. The van der Waals surface area contributed by atoms with E-state index in [1.165, 1.54) is 24.7 Å². The summed E-state index contributed by atoms with van der Waals surface area (Å²) in [7, 11) is 0. The Bertz CT molecular complexity index is 472. The van der Waals surface area contributed by atoms with E-state index in [9.17, 15) is 9.59 Å². The van der Waals surface area contributed by atoms with E-state index in [-0.39, 0.29) is 11.8 Å². The third-order valence-electron chi connectivity index (χ3n) is 3.37. The molecule has 2 heterocycles. The highest BCUT2D eigenvalue weighted by atomic mass is 32.1. The summed E-state index contributed by atoms with van der Waals surface area (Å²) >= 11 is 1.29. The number of aromatic nitrogens is 1. The molecular weight excluding hydrogens is 262 g/mol. The van der Waals surface area contributed by atoms with Crippen LogP contribution < -0.4 is 5.32 Å². The van der Waals surface area contributed by atoms with Crippen molar-refractivity contribution < 1.29 is 9.59 Å². The van der Waals surface area contributed by atoms with E-state index in [0.29, 0.717) is 16.9 Å². The Labute approximate surface area is 117 Å². The zero-order valence-corrected chi connectivity index (χ0v) is 12.1. The lowest BCUT2D eigenvalue weighted by atomic mass is 10.00. The van der Waals surface area contributed by atoms with Crippen molar-refractivity contribution in [2.24, 2.45) is 0 Å². The van der Waals surface area contributed by atoms with Gasteiger partial charge in [-0.3, -0.25) is 9.59 Å². The minimum absolute atomic E-state index is 0.0144. The number of amides is 2. The topological polar surface area (TPSA) is 62.3 Å². The molecule has 1 fully saturated rings. The van der Waals surface area contributed by atoms with Gasteiger partial charge in [0.2, 0.25) is 5.91 Å². The van der Waals surface area contributed by atoms with Crippen LogP contribution in [-0.2, 0) is 4.79 Å². The number of thiazole rings is 1. The van der Waals surface area contributed by atoms with E-state index in [0.717, 1.165) is 25.8 Å². The van der Waals surface area contributed by atoms with Crippen LogP contribution in [0.5, 0.6) is 0 Å². The average molecular weight is 281 g/mol. The fraction of sp³-hybridized carbons (Fsp3) is 0.615. The Hall–Kier alpha value is -1.43. The maximum atomic E-state index is 12.4. The minimum atomic E-state index is -0.169. The number of nitrogens with zero attached hydrogens (tertiary/aromatic N) is 2. The first-order chi connectivity index (χ1) is 9.11. The lowest BCUT2D eigenvalue weighted by Gasteiger charge is -2.34. The molecule has 0 radical (unpaired) electrons. The lowest BCUT2D eigenvalue weighted by Crippen LogP contribution is -2.43. The third kappa shape index (κ3) is 3.32. The van der Waals surface area contributed by atoms with Crippen molar-refractivity contribution in [2.45, 2.75) is 45.6 Å². The van der Waals surface area contributed by atoms with Gasteiger partial charge in [0.1, 0.15) is 5.69 Å². The van der Waals surface area contributed by atoms with Gasteiger partial charge in [0.25, 0.3) is 5.91 Å².